The molecule has 0 radical (unpaired) electrons. The molecule has 0 aliphatic heterocycles. The second kappa shape index (κ2) is 12.8. The number of fused-ring (bicyclic) bond motifs is 13. The van der Waals surface area contributed by atoms with Crippen LogP contribution in [0.4, 0.5) is 17.1 Å². The molecule has 278 valence electrons. The van der Waals surface area contributed by atoms with E-state index < -0.39 is 0 Å². The van der Waals surface area contributed by atoms with Gasteiger partial charge in [0.15, 0.2) is 0 Å². The highest BCUT2D eigenvalue weighted by atomic mass is 16.3. The Kier molecular flexibility index (Phi) is 7.31. The van der Waals surface area contributed by atoms with Crippen molar-refractivity contribution in [3.63, 3.8) is 0 Å². The van der Waals surface area contributed by atoms with Gasteiger partial charge in [0.25, 0.3) is 0 Å². The molecule has 0 amide bonds. The van der Waals surface area contributed by atoms with E-state index in [9.17, 15) is 0 Å². The number of hydrogen-bond acceptors (Lipinski definition) is 2. The first-order chi connectivity index (χ1) is 29.0. The number of furan rings is 1. The fourth-order valence-corrected chi connectivity index (χ4v) is 9.97. The third-order valence-corrected chi connectivity index (χ3v) is 12.9. The summed E-state index contributed by atoms with van der Waals surface area (Å²) in [4.78, 5) is 2.38. The molecule has 10 aromatic carbocycles. The molecule has 59 heavy (non-hydrogen) atoms. The Morgan fingerprint density at radius 1 is 0.339 bits per heavy atom. The van der Waals surface area contributed by atoms with Gasteiger partial charge in [0.1, 0.15) is 11.2 Å². The molecule has 0 fully saturated rings. The van der Waals surface area contributed by atoms with E-state index in [-0.39, 0.29) is 5.41 Å². The van der Waals surface area contributed by atoms with Gasteiger partial charge in [-0.05, 0) is 102 Å². The summed E-state index contributed by atoms with van der Waals surface area (Å²) in [6, 6.07) is 73.0. The van der Waals surface area contributed by atoms with Crippen LogP contribution in [0, 0.1) is 0 Å². The van der Waals surface area contributed by atoms with Crippen molar-refractivity contribution in [1.82, 2.24) is 0 Å². The number of rotatable bonds is 5. The zero-order valence-corrected chi connectivity index (χ0v) is 32.9. The topological polar surface area (TPSA) is 16.4 Å². The number of hydrogen-bond donors (Lipinski definition) is 0. The Balaban J connectivity index is 1.01. The van der Waals surface area contributed by atoms with Crippen LogP contribution in [0.25, 0.3) is 87.6 Å². The van der Waals surface area contributed by atoms with Gasteiger partial charge in [-0.3, -0.25) is 0 Å². The average molecular weight is 754 g/mol. The highest BCUT2D eigenvalue weighted by molar-refractivity contribution is 6.26. The van der Waals surface area contributed by atoms with Crippen LogP contribution in [0.3, 0.4) is 0 Å². The largest absolute Gasteiger partial charge is 0.455 e. The molecule has 0 saturated heterocycles. The molecule has 0 N–H and O–H groups in total. The van der Waals surface area contributed by atoms with Gasteiger partial charge in [0.05, 0.1) is 0 Å². The predicted octanol–water partition coefficient (Wildman–Crippen LogP) is 16.2. The molecule has 1 aliphatic rings. The van der Waals surface area contributed by atoms with E-state index in [4.69, 9.17) is 4.42 Å². The third kappa shape index (κ3) is 5.06. The van der Waals surface area contributed by atoms with Gasteiger partial charge < -0.3 is 9.32 Å². The number of para-hydroxylation sites is 1. The van der Waals surface area contributed by atoms with Crippen molar-refractivity contribution in [3.05, 3.63) is 211 Å². The maximum Gasteiger partial charge on any atom is 0.143 e. The fourth-order valence-electron chi connectivity index (χ4n) is 9.97. The van der Waals surface area contributed by atoms with Gasteiger partial charge in [0, 0.05) is 44.4 Å². The molecule has 0 spiro atoms. The summed E-state index contributed by atoms with van der Waals surface area (Å²) in [7, 11) is 0. The summed E-state index contributed by atoms with van der Waals surface area (Å²) < 4.78 is 6.99. The maximum atomic E-state index is 6.99. The van der Waals surface area contributed by atoms with Crippen molar-refractivity contribution < 1.29 is 4.42 Å². The molecule has 0 bridgehead atoms. The summed E-state index contributed by atoms with van der Waals surface area (Å²) in [5.74, 6) is 0. The summed E-state index contributed by atoms with van der Waals surface area (Å²) in [6.07, 6.45) is 0. The Hall–Kier alpha value is -7.42. The smallest absolute Gasteiger partial charge is 0.143 e. The van der Waals surface area contributed by atoms with Crippen molar-refractivity contribution in [3.8, 4) is 33.4 Å². The Morgan fingerprint density at radius 3 is 1.53 bits per heavy atom. The van der Waals surface area contributed by atoms with Gasteiger partial charge >= 0.3 is 0 Å². The average Bonchev–Trinajstić information content (AvgIpc) is 3.79. The first-order valence-corrected chi connectivity index (χ1v) is 20.5. The molecule has 1 aliphatic carbocycles. The molecule has 0 saturated carbocycles. The van der Waals surface area contributed by atoms with E-state index in [0.717, 1.165) is 50.1 Å². The zero-order valence-electron chi connectivity index (χ0n) is 32.9. The first-order valence-electron chi connectivity index (χ1n) is 20.5. The lowest BCUT2D eigenvalue weighted by atomic mass is 9.82. The van der Waals surface area contributed by atoms with Gasteiger partial charge in [0.2, 0.25) is 0 Å². The Morgan fingerprint density at radius 2 is 0.831 bits per heavy atom. The van der Waals surface area contributed by atoms with E-state index in [0.29, 0.717) is 0 Å². The normalized spacial score (nSPS) is 13.1. The molecule has 2 heteroatoms. The van der Waals surface area contributed by atoms with Crippen LogP contribution in [0.1, 0.15) is 25.0 Å². The van der Waals surface area contributed by atoms with Crippen LogP contribution in [-0.2, 0) is 5.41 Å². The monoisotopic (exact) mass is 753 g/mol. The summed E-state index contributed by atoms with van der Waals surface area (Å²) >= 11 is 0. The Bertz CT molecular complexity index is 3410. The second-order valence-corrected chi connectivity index (χ2v) is 16.4. The highest BCUT2D eigenvalue weighted by Gasteiger charge is 2.37. The minimum atomic E-state index is -0.0859. The van der Waals surface area contributed by atoms with Crippen molar-refractivity contribution in [2.75, 3.05) is 4.90 Å². The lowest BCUT2D eigenvalue weighted by molar-refractivity contribution is 0.653. The van der Waals surface area contributed by atoms with Gasteiger partial charge in [-0.15, -0.1) is 0 Å². The maximum absolute atomic E-state index is 6.99. The molecule has 1 aromatic heterocycles. The molecule has 0 atom stereocenters. The molecule has 2 nitrogen and oxygen atoms in total. The molecular weight excluding hydrogens is 715 g/mol. The summed E-state index contributed by atoms with van der Waals surface area (Å²) in [5, 5.41) is 9.89. The Labute approximate surface area is 343 Å². The lowest BCUT2D eigenvalue weighted by Gasteiger charge is -2.26. The standard InChI is InChI=1S/C57H39NO/c1-57(2)52-22-11-10-19-50(52)54-53(57)34-33-49-48-21-12-20-42(55(48)59-56(49)54)38-25-29-40(30-26-38)58(39-27-23-37(24-28-39)36-13-4-3-5-14-36)41-31-32-47-45-17-7-6-15-43(45)44-16-8-9-18-46(44)51(47)35-41/h3-35H,1-2H3. The summed E-state index contributed by atoms with van der Waals surface area (Å²) in [5.41, 5.74) is 14.9. The van der Waals surface area contributed by atoms with Gasteiger partial charge in [-0.1, -0.05) is 178 Å². The number of anilines is 3. The van der Waals surface area contributed by atoms with Crippen LogP contribution < -0.4 is 4.90 Å². The molecular formula is C57H39NO. The molecule has 0 unspecified atom stereocenters. The SMILES string of the molecule is CC1(C)c2ccccc2-c2c1ccc1c2oc2c(-c3ccc(N(c4ccc(-c5ccccc5)cc4)c4ccc5c6ccccc6c6ccccc6c5c4)cc3)cccc21. The van der Waals surface area contributed by atoms with Crippen LogP contribution in [0.15, 0.2) is 205 Å². The second-order valence-electron chi connectivity index (χ2n) is 16.4. The third-order valence-electron chi connectivity index (χ3n) is 12.9. The molecule has 12 rings (SSSR count). The van der Waals surface area contributed by atoms with Crippen molar-refractivity contribution in [2.45, 2.75) is 19.3 Å². The van der Waals surface area contributed by atoms with E-state index in [2.05, 4.69) is 219 Å². The van der Waals surface area contributed by atoms with E-state index in [1.165, 1.54) is 65.7 Å². The van der Waals surface area contributed by atoms with Crippen molar-refractivity contribution in [2.24, 2.45) is 0 Å². The minimum Gasteiger partial charge on any atom is -0.455 e. The quantitative estimate of drug-likeness (QED) is 0.163. The lowest BCUT2D eigenvalue weighted by Crippen LogP contribution is -2.14. The highest BCUT2D eigenvalue weighted by Crippen LogP contribution is 2.53. The van der Waals surface area contributed by atoms with Gasteiger partial charge in [-0.2, -0.15) is 0 Å². The zero-order chi connectivity index (χ0) is 39.2. The predicted molar refractivity (Wildman–Crippen MR) is 249 cm³/mol. The van der Waals surface area contributed by atoms with Crippen LogP contribution in [0.2, 0.25) is 0 Å². The number of nitrogens with zero attached hydrogens (tertiary/aromatic N) is 1. The molecule has 11 aromatic rings. The van der Waals surface area contributed by atoms with E-state index in [1.54, 1.807) is 0 Å². The molecule has 1 heterocycles. The number of benzene rings is 10. The minimum absolute atomic E-state index is 0.0859. The first kappa shape index (κ1) is 33.7. The van der Waals surface area contributed by atoms with Crippen molar-refractivity contribution >= 4 is 71.3 Å². The van der Waals surface area contributed by atoms with E-state index >= 15 is 0 Å². The van der Waals surface area contributed by atoms with Gasteiger partial charge in [-0.25, -0.2) is 0 Å². The van der Waals surface area contributed by atoms with Crippen LogP contribution >= 0.6 is 0 Å². The fraction of sp³-hybridized carbons (Fsp3) is 0.0526. The summed E-state index contributed by atoms with van der Waals surface area (Å²) in [6.45, 7) is 4.64. The van der Waals surface area contributed by atoms with Crippen molar-refractivity contribution in [1.29, 1.82) is 0 Å². The van der Waals surface area contributed by atoms with Crippen LogP contribution in [-0.4, -0.2) is 0 Å². The van der Waals surface area contributed by atoms with Crippen LogP contribution in [0.5, 0.6) is 0 Å². The van der Waals surface area contributed by atoms with E-state index in [1.807, 2.05) is 0 Å².